The Hall–Kier alpha value is -2.44. The first-order valence-electron chi connectivity index (χ1n) is 5.96. The van der Waals surface area contributed by atoms with Crippen LogP contribution in [0.2, 0.25) is 0 Å². The van der Waals surface area contributed by atoms with Crippen LogP contribution in [0.25, 0.3) is 0 Å². The van der Waals surface area contributed by atoms with Gasteiger partial charge in [-0.05, 0) is 26.0 Å². The van der Waals surface area contributed by atoms with E-state index in [2.05, 4.69) is 25.8 Å². The van der Waals surface area contributed by atoms with Gasteiger partial charge in [0.1, 0.15) is 11.6 Å². The Bertz CT molecular complexity index is 550. The van der Waals surface area contributed by atoms with Crippen molar-refractivity contribution in [3.63, 3.8) is 0 Å². The summed E-state index contributed by atoms with van der Waals surface area (Å²) in [6, 6.07) is 3.30. The van der Waals surface area contributed by atoms with E-state index < -0.39 is 0 Å². The number of nitrogens with one attached hydrogen (secondary N) is 2. The number of rotatable bonds is 5. The summed E-state index contributed by atoms with van der Waals surface area (Å²) in [6.45, 7) is 4.66. The second-order valence-corrected chi connectivity index (χ2v) is 3.88. The molecule has 0 radical (unpaired) electrons. The van der Waals surface area contributed by atoms with Crippen molar-refractivity contribution in [2.24, 2.45) is 0 Å². The predicted octanol–water partition coefficient (Wildman–Crippen LogP) is 1.13. The molecule has 0 atom stereocenters. The number of carbonyl (C=O) groups is 1. The molecule has 2 aromatic heterocycles. The molecular formula is C12H15N5O2. The van der Waals surface area contributed by atoms with Crippen LogP contribution in [0.1, 0.15) is 29.1 Å². The first kappa shape index (κ1) is 13.0. The van der Waals surface area contributed by atoms with Crippen molar-refractivity contribution in [3.05, 3.63) is 35.7 Å². The summed E-state index contributed by atoms with van der Waals surface area (Å²) in [5.74, 6) is 1.66. The maximum absolute atomic E-state index is 11.5. The summed E-state index contributed by atoms with van der Waals surface area (Å²) in [7, 11) is 0. The van der Waals surface area contributed by atoms with Crippen molar-refractivity contribution >= 4 is 11.7 Å². The molecule has 1 amide bonds. The van der Waals surface area contributed by atoms with Gasteiger partial charge in [-0.2, -0.15) is 0 Å². The molecule has 0 aliphatic carbocycles. The number of oxazole rings is 1. The second-order valence-electron chi connectivity index (χ2n) is 3.88. The van der Waals surface area contributed by atoms with Gasteiger partial charge in [0.25, 0.3) is 5.91 Å². The maximum Gasteiger partial charge on any atom is 0.271 e. The Morgan fingerprint density at radius 2 is 2.21 bits per heavy atom. The molecule has 2 heterocycles. The lowest BCUT2D eigenvalue weighted by Gasteiger charge is -2.03. The lowest BCUT2D eigenvalue weighted by atomic mass is 10.3. The lowest BCUT2D eigenvalue weighted by molar-refractivity contribution is 0.0950. The fraction of sp³-hybridized carbons (Fsp3) is 0.333. The molecule has 0 fully saturated rings. The van der Waals surface area contributed by atoms with Crippen molar-refractivity contribution in [2.45, 2.75) is 20.4 Å². The average molecular weight is 261 g/mol. The van der Waals surface area contributed by atoms with E-state index in [-0.39, 0.29) is 5.91 Å². The van der Waals surface area contributed by atoms with E-state index in [0.717, 1.165) is 5.76 Å². The molecule has 2 N–H and O–H groups in total. The van der Waals surface area contributed by atoms with Crippen LogP contribution in [0.3, 0.4) is 0 Å². The molecule has 0 aromatic carbocycles. The minimum atomic E-state index is -0.232. The number of anilines is 1. The van der Waals surface area contributed by atoms with Crippen LogP contribution in [0, 0.1) is 6.92 Å². The minimum Gasteiger partial charge on any atom is -0.444 e. The Balaban J connectivity index is 1.93. The van der Waals surface area contributed by atoms with Gasteiger partial charge in [-0.25, -0.2) is 4.98 Å². The van der Waals surface area contributed by atoms with Crippen molar-refractivity contribution in [2.75, 3.05) is 11.9 Å². The lowest BCUT2D eigenvalue weighted by Crippen LogP contribution is -2.24. The third-order valence-electron chi connectivity index (χ3n) is 2.32. The molecule has 0 bridgehead atoms. The number of amides is 1. The molecule has 2 rings (SSSR count). The number of hydrogen-bond donors (Lipinski definition) is 2. The van der Waals surface area contributed by atoms with E-state index in [1.54, 1.807) is 18.3 Å². The molecule has 0 saturated carbocycles. The van der Waals surface area contributed by atoms with Gasteiger partial charge in [0.15, 0.2) is 5.69 Å². The zero-order valence-electron chi connectivity index (χ0n) is 10.8. The maximum atomic E-state index is 11.5. The van der Waals surface area contributed by atoms with Crippen molar-refractivity contribution in [3.8, 4) is 0 Å². The van der Waals surface area contributed by atoms with E-state index in [9.17, 15) is 4.79 Å². The fourth-order valence-electron chi connectivity index (χ4n) is 1.45. The number of aryl methyl sites for hydroxylation is 1. The smallest absolute Gasteiger partial charge is 0.271 e. The van der Waals surface area contributed by atoms with Gasteiger partial charge in [0, 0.05) is 6.54 Å². The first-order valence-corrected chi connectivity index (χ1v) is 5.96. The van der Waals surface area contributed by atoms with E-state index in [1.807, 2.05) is 13.8 Å². The van der Waals surface area contributed by atoms with Gasteiger partial charge >= 0.3 is 0 Å². The molecule has 2 aromatic rings. The third-order valence-corrected chi connectivity index (χ3v) is 2.32. The summed E-state index contributed by atoms with van der Waals surface area (Å²) in [6.07, 6.45) is 1.65. The monoisotopic (exact) mass is 261 g/mol. The molecular weight excluding hydrogens is 246 g/mol. The van der Waals surface area contributed by atoms with Crippen LogP contribution in [-0.2, 0) is 6.54 Å². The topological polar surface area (TPSA) is 92.9 Å². The Kier molecular flexibility index (Phi) is 4.07. The fourth-order valence-corrected chi connectivity index (χ4v) is 1.45. The normalized spacial score (nSPS) is 10.2. The molecule has 0 spiro atoms. The van der Waals surface area contributed by atoms with E-state index >= 15 is 0 Å². The van der Waals surface area contributed by atoms with Crippen LogP contribution in [0.5, 0.6) is 0 Å². The summed E-state index contributed by atoms with van der Waals surface area (Å²) in [5.41, 5.74) is 0.291. The average Bonchev–Trinajstić information content (AvgIpc) is 2.83. The highest BCUT2D eigenvalue weighted by atomic mass is 16.4. The zero-order valence-corrected chi connectivity index (χ0v) is 10.8. The van der Waals surface area contributed by atoms with Gasteiger partial charge < -0.3 is 15.1 Å². The molecule has 100 valence electrons. The predicted molar refractivity (Wildman–Crippen MR) is 68.6 cm³/mol. The summed E-state index contributed by atoms with van der Waals surface area (Å²) < 4.78 is 5.31. The van der Waals surface area contributed by atoms with Crippen LogP contribution in [0.15, 0.2) is 22.7 Å². The van der Waals surface area contributed by atoms with E-state index in [1.165, 1.54) is 0 Å². The number of hydrogen-bond acceptors (Lipinski definition) is 6. The highest BCUT2D eigenvalue weighted by molar-refractivity contribution is 5.92. The van der Waals surface area contributed by atoms with Gasteiger partial charge in [-0.1, -0.05) is 0 Å². The van der Waals surface area contributed by atoms with E-state index in [4.69, 9.17) is 4.42 Å². The van der Waals surface area contributed by atoms with Gasteiger partial charge in [0.05, 0.1) is 12.7 Å². The largest absolute Gasteiger partial charge is 0.444 e. The van der Waals surface area contributed by atoms with Gasteiger partial charge in [-0.15, -0.1) is 10.2 Å². The minimum absolute atomic E-state index is 0.232. The molecule has 0 aliphatic heterocycles. The van der Waals surface area contributed by atoms with Crippen LogP contribution < -0.4 is 10.6 Å². The summed E-state index contributed by atoms with van der Waals surface area (Å²) >= 11 is 0. The molecule has 19 heavy (non-hydrogen) atoms. The number of aromatic nitrogens is 3. The third kappa shape index (κ3) is 3.51. The number of carbonyl (C=O) groups excluding carboxylic acids is 1. The Labute approximate surface area is 110 Å². The van der Waals surface area contributed by atoms with Crippen LogP contribution in [0.4, 0.5) is 5.82 Å². The standard InChI is InChI=1S/C12H15N5O2/c1-3-13-12(18)9-4-5-10(17-16-9)14-7-11-15-6-8(2)19-11/h4-6H,3,7H2,1-2H3,(H,13,18)(H,14,17). The SMILES string of the molecule is CCNC(=O)c1ccc(NCc2ncc(C)o2)nn1. The van der Waals surface area contributed by atoms with Crippen molar-refractivity contribution in [1.29, 1.82) is 0 Å². The Morgan fingerprint density at radius 1 is 1.37 bits per heavy atom. The summed E-state index contributed by atoms with van der Waals surface area (Å²) in [4.78, 5) is 15.5. The second kappa shape index (κ2) is 5.94. The van der Waals surface area contributed by atoms with Crippen LogP contribution >= 0.6 is 0 Å². The van der Waals surface area contributed by atoms with Crippen LogP contribution in [-0.4, -0.2) is 27.6 Å². The molecule has 7 heteroatoms. The van der Waals surface area contributed by atoms with Crippen molar-refractivity contribution in [1.82, 2.24) is 20.5 Å². The zero-order chi connectivity index (χ0) is 13.7. The first-order chi connectivity index (χ1) is 9.19. The number of nitrogens with zero attached hydrogens (tertiary/aromatic N) is 3. The van der Waals surface area contributed by atoms with Gasteiger partial charge in [-0.3, -0.25) is 4.79 Å². The Morgan fingerprint density at radius 3 is 2.79 bits per heavy atom. The van der Waals surface area contributed by atoms with Gasteiger partial charge in [0.2, 0.25) is 5.89 Å². The highest BCUT2D eigenvalue weighted by Crippen LogP contribution is 2.06. The highest BCUT2D eigenvalue weighted by Gasteiger charge is 2.07. The molecule has 0 aliphatic rings. The summed E-state index contributed by atoms with van der Waals surface area (Å²) in [5, 5.41) is 13.4. The molecule has 0 unspecified atom stereocenters. The molecule has 7 nitrogen and oxygen atoms in total. The van der Waals surface area contributed by atoms with Crippen molar-refractivity contribution < 1.29 is 9.21 Å². The van der Waals surface area contributed by atoms with E-state index in [0.29, 0.717) is 30.5 Å². The quantitative estimate of drug-likeness (QED) is 0.838. The molecule has 0 saturated heterocycles.